The number of fused-ring (bicyclic) bond motifs is 1. The van der Waals surface area contributed by atoms with Crippen molar-refractivity contribution >= 4 is 23.3 Å². The van der Waals surface area contributed by atoms with E-state index < -0.39 is 0 Å². The zero-order valence-electron chi connectivity index (χ0n) is 10.4. The molecule has 3 aromatic rings. The molecule has 1 unspecified atom stereocenters. The quantitative estimate of drug-likeness (QED) is 0.726. The Morgan fingerprint density at radius 1 is 1.42 bits per heavy atom. The van der Waals surface area contributed by atoms with E-state index in [1.165, 1.54) is 12.1 Å². The minimum atomic E-state index is -0.263. The lowest BCUT2D eigenvalue weighted by atomic mass is 10.2. The predicted molar refractivity (Wildman–Crippen MR) is 74.2 cm³/mol. The molecular formula is C14H13FN2OS. The fourth-order valence-corrected chi connectivity index (χ4v) is 2.73. The lowest BCUT2D eigenvalue weighted by Crippen LogP contribution is -2.08. The highest BCUT2D eigenvalue weighted by molar-refractivity contribution is 7.71. The molecule has 0 radical (unpaired) electrons. The minimum absolute atomic E-state index is 0.0919. The fourth-order valence-electron chi connectivity index (χ4n) is 2.34. The molecule has 19 heavy (non-hydrogen) atoms. The van der Waals surface area contributed by atoms with E-state index in [2.05, 4.69) is 4.98 Å². The van der Waals surface area contributed by atoms with Crippen molar-refractivity contribution < 1.29 is 8.81 Å². The molecule has 0 aliphatic carbocycles. The maximum absolute atomic E-state index is 13.4. The molecule has 0 aliphatic heterocycles. The number of benzene rings is 1. The van der Waals surface area contributed by atoms with Gasteiger partial charge in [-0.25, -0.2) is 4.39 Å². The van der Waals surface area contributed by atoms with E-state index >= 15 is 0 Å². The van der Waals surface area contributed by atoms with Gasteiger partial charge in [0, 0.05) is 12.5 Å². The van der Waals surface area contributed by atoms with Gasteiger partial charge in [0.1, 0.15) is 11.6 Å². The number of nitrogens with zero attached hydrogens (tertiary/aromatic N) is 1. The highest BCUT2D eigenvalue weighted by Crippen LogP contribution is 2.22. The first-order valence-electron chi connectivity index (χ1n) is 6.07. The Morgan fingerprint density at radius 2 is 2.26 bits per heavy atom. The van der Waals surface area contributed by atoms with Crippen LogP contribution in [0, 0.1) is 10.6 Å². The van der Waals surface area contributed by atoms with Crippen LogP contribution >= 0.6 is 12.2 Å². The van der Waals surface area contributed by atoms with Crippen LogP contribution in [0.15, 0.2) is 41.0 Å². The van der Waals surface area contributed by atoms with Crippen molar-refractivity contribution in [1.29, 1.82) is 0 Å². The number of aromatic nitrogens is 2. The molecule has 1 N–H and O–H groups in total. The average Bonchev–Trinajstić information content (AvgIpc) is 2.95. The first-order valence-corrected chi connectivity index (χ1v) is 6.48. The smallest absolute Gasteiger partial charge is 0.178 e. The maximum Gasteiger partial charge on any atom is 0.178 e. The third-order valence-electron chi connectivity index (χ3n) is 3.20. The van der Waals surface area contributed by atoms with Gasteiger partial charge < -0.3 is 14.0 Å². The van der Waals surface area contributed by atoms with Crippen molar-refractivity contribution in [3.63, 3.8) is 0 Å². The molecule has 0 bridgehead atoms. The van der Waals surface area contributed by atoms with Crippen molar-refractivity contribution in [1.82, 2.24) is 9.55 Å². The molecule has 0 saturated heterocycles. The molecule has 1 aromatic carbocycles. The number of rotatable bonds is 3. The standard InChI is InChI=1S/C14H13FN2OS/c1-9(7-11-3-2-6-18-11)17-13-8-10(15)4-5-12(13)16-14(17)19/h2-6,8-9H,7H2,1H3,(H,16,19). The molecule has 2 aromatic heterocycles. The summed E-state index contributed by atoms with van der Waals surface area (Å²) in [7, 11) is 0. The molecule has 0 aliphatic rings. The van der Waals surface area contributed by atoms with Gasteiger partial charge in [0.05, 0.1) is 17.3 Å². The number of nitrogens with one attached hydrogen (secondary N) is 1. The summed E-state index contributed by atoms with van der Waals surface area (Å²) < 4.78 is 21.3. The van der Waals surface area contributed by atoms with E-state index in [0.717, 1.165) is 16.8 Å². The van der Waals surface area contributed by atoms with Crippen LogP contribution in [0.5, 0.6) is 0 Å². The first kappa shape index (κ1) is 12.2. The topological polar surface area (TPSA) is 33.9 Å². The highest BCUT2D eigenvalue weighted by atomic mass is 32.1. The fraction of sp³-hybridized carbons (Fsp3) is 0.214. The molecule has 0 amide bonds. The molecule has 3 nitrogen and oxygen atoms in total. The van der Waals surface area contributed by atoms with Crippen molar-refractivity contribution in [3.8, 4) is 0 Å². The summed E-state index contributed by atoms with van der Waals surface area (Å²) in [6.45, 7) is 2.04. The summed E-state index contributed by atoms with van der Waals surface area (Å²) >= 11 is 5.32. The van der Waals surface area contributed by atoms with Gasteiger partial charge in [-0.15, -0.1) is 0 Å². The molecular weight excluding hydrogens is 263 g/mol. The minimum Gasteiger partial charge on any atom is -0.469 e. The third kappa shape index (κ3) is 2.21. The third-order valence-corrected chi connectivity index (χ3v) is 3.50. The lowest BCUT2D eigenvalue weighted by Gasteiger charge is -2.13. The maximum atomic E-state index is 13.4. The number of imidazole rings is 1. The van der Waals surface area contributed by atoms with Crippen LogP contribution in [0.3, 0.4) is 0 Å². The molecule has 3 rings (SSSR count). The van der Waals surface area contributed by atoms with Crippen LogP contribution in [0.25, 0.3) is 11.0 Å². The van der Waals surface area contributed by atoms with Crippen LogP contribution in [0.4, 0.5) is 4.39 Å². The van der Waals surface area contributed by atoms with E-state index in [4.69, 9.17) is 16.6 Å². The van der Waals surface area contributed by atoms with E-state index in [1.807, 2.05) is 23.6 Å². The van der Waals surface area contributed by atoms with Crippen LogP contribution in [0.1, 0.15) is 18.7 Å². The first-order chi connectivity index (χ1) is 9.15. The Balaban J connectivity index is 2.06. The Morgan fingerprint density at radius 3 is 3.00 bits per heavy atom. The van der Waals surface area contributed by atoms with Crippen LogP contribution < -0.4 is 0 Å². The molecule has 0 spiro atoms. The lowest BCUT2D eigenvalue weighted by molar-refractivity contribution is 0.451. The van der Waals surface area contributed by atoms with E-state index in [0.29, 0.717) is 11.2 Å². The summed E-state index contributed by atoms with van der Waals surface area (Å²) in [5.74, 6) is 0.626. The number of H-pyrrole nitrogens is 1. The van der Waals surface area contributed by atoms with Gasteiger partial charge >= 0.3 is 0 Å². The molecule has 2 heterocycles. The largest absolute Gasteiger partial charge is 0.469 e. The van der Waals surface area contributed by atoms with Gasteiger partial charge in [0.25, 0.3) is 0 Å². The van der Waals surface area contributed by atoms with Crippen LogP contribution in [0.2, 0.25) is 0 Å². The number of furan rings is 1. The van der Waals surface area contributed by atoms with Gasteiger partial charge in [-0.1, -0.05) is 0 Å². The molecule has 0 fully saturated rings. The Hall–Kier alpha value is -1.88. The molecule has 0 saturated carbocycles. The van der Waals surface area contributed by atoms with Gasteiger partial charge in [-0.2, -0.15) is 0 Å². The summed E-state index contributed by atoms with van der Waals surface area (Å²) in [5.41, 5.74) is 1.63. The van der Waals surface area contributed by atoms with E-state index in [9.17, 15) is 4.39 Å². The average molecular weight is 276 g/mol. The normalized spacial score (nSPS) is 12.9. The predicted octanol–water partition coefficient (Wildman–Crippen LogP) is 4.23. The van der Waals surface area contributed by atoms with Crippen molar-refractivity contribution in [3.05, 3.63) is 52.9 Å². The second-order valence-electron chi connectivity index (χ2n) is 4.59. The van der Waals surface area contributed by atoms with Crippen molar-refractivity contribution in [2.24, 2.45) is 0 Å². The number of hydrogen-bond acceptors (Lipinski definition) is 2. The highest BCUT2D eigenvalue weighted by Gasteiger charge is 2.13. The van der Waals surface area contributed by atoms with E-state index in [-0.39, 0.29) is 11.9 Å². The van der Waals surface area contributed by atoms with Gasteiger partial charge in [0.2, 0.25) is 0 Å². The van der Waals surface area contributed by atoms with Gasteiger partial charge in [-0.05, 0) is 49.5 Å². The SMILES string of the molecule is CC(Cc1ccco1)n1c(=S)[nH]c2ccc(F)cc21. The number of aromatic amines is 1. The Labute approximate surface area is 114 Å². The van der Waals surface area contributed by atoms with Crippen LogP contribution in [-0.4, -0.2) is 9.55 Å². The summed E-state index contributed by atoms with van der Waals surface area (Å²) in [6.07, 6.45) is 2.36. The van der Waals surface area contributed by atoms with Crippen molar-refractivity contribution in [2.45, 2.75) is 19.4 Å². The molecule has 1 atom stereocenters. The number of halogens is 1. The second-order valence-corrected chi connectivity index (χ2v) is 4.98. The molecule has 5 heteroatoms. The monoisotopic (exact) mass is 276 g/mol. The summed E-state index contributed by atoms with van der Waals surface area (Å²) in [5, 5.41) is 0. The summed E-state index contributed by atoms with van der Waals surface area (Å²) in [4.78, 5) is 3.10. The van der Waals surface area contributed by atoms with Gasteiger partial charge in [-0.3, -0.25) is 0 Å². The Kier molecular flexibility index (Phi) is 2.98. The Bertz CT molecular complexity index is 757. The van der Waals surface area contributed by atoms with Crippen LogP contribution in [-0.2, 0) is 6.42 Å². The zero-order valence-corrected chi connectivity index (χ0v) is 11.2. The van der Waals surface area contributed by atoms with Crippen molar-refractivity contribution in [2.75, 3.05) is 0 Å². The molecule has 98 valence electrons. The van der Waals surface area contributed by atoms with Gasteiger partial charge in [0.15, 0.2) is 4.77 Å². The zero-order chi connectivity index (χ0) is 13.4. The van der Waals surface area contributed by atoms with E-state index in [1.54, 1.807) is 12.3 Å². The second kappa shape index (κ2) is 4.66. The number of hydrogen-bond donors (Lipinski definition) is 1. The summed E-state index contributed by atoms with van der Waals surface area (Å²) in [6, 6.07) is 8.51.